The standard InChI is InChI=1S/C61H118O6/c1-55(2)47-41-35-29-23-19-15-11-9-7-8-10-12-17-21-25-32-38-44-50-59(62)65-53-58(54-66-60(63)51-45-39-33-28-27-31-37-43-49-57(5)6)67-61(64)52-46-40-34-26-22-18-14-13-16-20-24-30-36-42-48-56(3)4/h55-58H,7-54H2,1-6H3/t58-/m1/s1. The second-order valence-electron chi connectivity index (χ2n) is 22.4. The van der Waals surface area contributed by atoms with Crippen molar-refractivity contribution >= 4 is 17.9 Å². The molecule has 0 heterocycles. The first-order valence-electron chi connectivity index (χ1n) is 30.1. The summed E-state index contributed by atoms with van der Waals surface area (Å²) in [6.45, 7) is 13.8. The van der Waals surface area contributed by atoms with Gasteiger partial charge in [0, 0.05) is 19.3 Å². The van der Waals surface area contributed by atoms with E-state index in [1.807, 2.05) is 0 Å². The first kappa shape index (κ1) is 65.4. The van der Waals surface area contributed by atoms with Crippen molar-refractivity contribution in [2.45, 2.75) is 343 Å². The van der Waals surface area contributed by atoms with Gasteiger partial charge in [-0.1, -0.05) is 298 Å². The normalized spacial score (nSPS) is 12.1. The van der Waals surface area contributed by atoms with Crippen LogP contribution in [0.15, 0.2) is 0 Å². The van der Waals surface area contributed by atoms with E-state index in [1.165, 1.54) is 218 Å². The van der Waals surface area contributed by atoms with Gasteiger partial charge in [0.1, 0.15) is 13.2 Å². The van der Waals surface area contributed by atoms with Crippen molar-refractivity contribution in [3.8, 4) is 0 Å². The molecule has 0 aromatic carbocycles. The molecule has 0 saturated carbocycles. The van der Waals surface area contributed by atoms with Gasteiger partial charge >= 0.3 is 17.9 Å². The van der Waals surface area contributed by atoms with E-state index in [0.717, 1.165) is 75.5 Å². The van der Waals surface area contributed by atoms with Crippen LogP contribution in [0.2, 0.25) is 0 Å². The molecule has 0 aromatic heterocycles. The molecule has 0 radical (unpaired) electrons. The predicted octanol–water partition coefficient (Wildman–Crippen LogP) is 19.9. The lowest BCUT2D eigenvalue weighted by atomic mass is 10.0. The van der Waals surface area contributed by atoms with Crippen molar-refractivity contribution in [2.24, 2.45) is 17.8 Å². The fourth-order valence-corrected chi connectivity index (χ4v) is 9.35. The maximum Gasteiger partial charge on any atom is 0.306 e. The maximum absolute atomic E-state index is 12.9. The molecule has 0 aliphatic carbocycles. The molecule has 0 unspecified atom stereocenters. The third-order valence-electron chi connectivity index (χ3n) is 13.9. The minimum absolute atomic E-state index is 0.0635. The van der Waals surface area contributed by atoms with Gasteiger partial charge in [0.2, 0.25) is 0 Å². The zero-order valence-corrected chi connectivity index (χ0v) is 46.2. The number of hydrogen-bond donors (Lipinski definition) is 0. The lowest BCUT2D eigenvalue weighted by molar-refractivity contribution is -0.167. The topological polar surface area (TPSA) is 78.9 Å². The third kappa shape index (κ3) is 55.2. The quantitative estimate of drug-likeness (QED) is 0.0343. The lowest BCUT2D eigenvalue weighted by Gasteiger charge is -2.18. The number of rotatable bonds is 54. The molecule has 0 aliphatic heterocycles. The van der Waals surface area contributed by atoms with Gasteiger partial charge < -0.3 is 14.2 Å². The predicted molar refractivity (Wildman–Crippen MR) is 289 cm³/mol. The number of ether oxygens (including phenoxy) is 3. The zero-order valence-electron chi connectivity index (χ0n) is 46.2. The van der Waals surface area contributed by atoms with Crippen molar-refractivity contribution in [3.05, 3.63) is 0 Å². The largest absolute Gasteiger partial charge is 0.462 e. The highest BCUT2D eigenvalue weighted by Gasteiger charge is 2.19. The molecule has 1 atom stereocenters. The van der Waals surface area contributed by atoms with Crippen LogP contribution in [0.25, 0.3) is 0 Å². The lowest BCUT2D eigenvalue weighted by Crippen LogP contribution is -2.30. The molecule has 6 heteroatoms. The van der Waals surface area contributed by atoms with E-state index < -0.39 is 6.10 Å². The van der Waals surface area contributed by atoms with Crippen molar-refractivity contribution < 1.29 is 28.6 Å². The highest BCUT2D eigenvalue weighted by Crippen LogP contribution is 2.19. The molecule has 0 amide bonds. The van der Waals surface area contributed by atoms with Gasteiger partial charge in [-0.05, 0) is 37.0 Å². The summed E-state index contributed by atoms with van der Waals surface area (Å²) in [5.74, 6) is 1.66. The molecule has 0 rings (SSSR count). The van der Waals surface area contributed by atoms with Crippen LogP contribution in [0.1, 0.15) is 337 Å². The molecule has 6 nitrogen and oxygen atoms in total. The summed E-state index contributed by atoms with van der Waals surface area (Å²) in [4.78, 5) is 38.2. The van der Waals surface area contributed by atoms with Gasteiger partial charge in [-0.2, -0.15) is 0 Å². The average molecular weight is 948 g/mol. The SMILES string of the molecule is CC(C)CCCCCCCCCCCCCCCCCCCCC(=O)OC[C@H](COC(=O)CCCCCCCCCCC(C)C)OC(=O)CCCCCCCCCCCCCCCCC(C)C. The Kier molecular flexibility index (Phi) is 51.0. The summed E-state index contributed by atoms with van der Waals surface area (Å²) in [6.07, 6.45) is 55.4. The van der Waals surface area contributed by atoms with Crippen molar-refractivity contribution in [1.29, 1.82) is 0 Å². The smallest absolute Gasteiger partial charge is 0.306 e. The Morgan fingerprint density at radius 2 is 0.433 bits per heavy atom. The Hall–Kier alpha value is -1.59. The first-order chi connectivity index (χ1) is 32.6. The fraction of sp³-hybridized carbons (Fsp3) is 0.951. The summed E-state index contributed by atoms with van der Waals surface area (Å²) in [5.41, 5.74) is 0. The summed E-state index contributed by atoms with van der Waals surface area (Å²) in [7, 11) is 0. The molecule has 67 heavy (non-hydrogen) atoms. The molecular weight excluding hydrogens is 829 g/mol. The second kappa shape index (κ2) is 52.2. The number of carbonyl (C=O) groups is 3. The van der Waals surface area contributed by atoms with Gasteiger partial charge in [0.25, 0.3) is 0 Å². The Labute approximate surface area is 418 Å². The van der Waals surface area contributed by atoms with Crippen LogP contribution in [-0.4, -0.2) is 37.2 Å². The minimum Gasteiger partial charge on any atom is -0.462 e. The van der Waals surface area contributed by atoms with Crippen LogP contribution in [0.4, 0.5) is 0 Å². The monoisotopic (exact) mass is 947 g/mol. The highest BCUT2D eigenvalue weighted by molar-refractivity contribution is 5.71. The van der Waals surface area contributed by atoms with E-state index in [2.05, 4.69) is 41.5 Å². The number of hydrogen-bond acceptors (Lipinski definition) is 6. The summed E-state index contributed by atoms with van der Waals surface area (Å²) in [5, 5.41) is 0. The van der Waals surface area contributed by atoms with E-state index >= 15 is 0 Å². The molecular formula is C61H118O6. The molecule has 0 spiro atoms. The molecule has 0 fully saturated rings. The van der Waals surface area contributed by atoms with Crippen LogP contribution >= 0.6 is 0 Å². The Bertz CT molecular complexity index is 1040. The van der Waals surface area contributed by atoms with Crippen molar-refractivity contribution in [3.63, 3.8) is 0 Å². The second-order valence-corrected chi connectivity index (χ2v) is 22.4. The maximum atomic E-state index is 12.9. The summed E-state index contributed by atoms with van der Waals surface area (Å²) in [6, 6.07) is 0. The van der Waals surface area contributed by atoms with Gasteiger partial charge in [0.15, 0.2) is 6.10 Å². The average Bonchev–Trinajstić information content (AvgIpc) is 3.29. The fourth-order valence-electron chi connectivity index (χ4n) is 9.35. The first-order valence-corrected chi connectivity index (χ1v) is 30.1. The Balaban J connectivity index is 4.23. The van der Waals surface area contributed by atoms with Crippen LogP contribution in [-0.2, 0) is 28.6 Å². The number of carbonyl (C=O) groups excluding carboxylic acids is 3. The Morgan fingerprint density at radius 1 is 0.254 bits per heavy atom. The van der Waals surface area contributed by atoms with Gasteiger partial charge in [-0.25, -0.2) is 0 Å². The molecule has 0 N–H and O–H groups in total. The Morgan fingerprint density at radius 3 is 0.642 bits per heavy atom. The van der Waals surface area contributed by atoms with E-state index in [9.17, 15) is 14.4 Å². The van der Waals surface area contributed by atoms with E-state index in [1.54, 1.807) is 0 Å². The van der Waals surface area contributed by atoms with E-state index in [0.29, 0.717) is 19.3 Å². The number of esters is 3. The van der Waals surface area contributed by atoms with Gasteiger partial charge in [-0.15, -0.1) is 0 Å². The van der Waals surface area contributed by atoms with Crippen molar-refractivity contribution in [1.82, 2.24) is 0 Å². The summed E-state index contributed by atoms with van der Waals surface area (Å²) >= 11 is 0. The third-order valence-corrected chi connectivity index (χ3v) is 13.9. The molecule has 398 valence electrons. The minimum atomic E-state index is -0.764. The summed E-state index contributed by atoms with van der Waals surface area (Å²) < 4.78 is 16.9. The van der Waals surface area contributed by atoms with Crippen LogP contribution in [0.5, 0.6) is 0 Å². The van der Waals surface area contributed by atoms with Crippen LogP contribution < -0.4 is 0 Å². The molecule has 0 saturated heterocycles. The van der Waals surface area contributed by atoms with Crippen molar-refractivity contribution in [2.75, 3.05) is 13.2 Å². The van der Waals surface area contributed by atoms with Crippen LogP contribution in [0.3, 0.4) is 0 Å². The van der Waals surface area contributed by atoms with E-state index in [4.69, 9.17) is 14.2 Å². The number of unbranched alkanes of at least 4 members (excludes halogenated alkanes) is 37. The van der Waals surface area contributed by atoms with Gasteiger partial charge in [0.05, 0.1) is 0 Å². The zero-order chi connectivity index (χ0) is 49.1. The molecule has 0 aromatic rings. The molecule has 0 bridgehead atoms. The highest BCUT2D eigenvalue weighted by atomic mass is 16.6. The molecule has 0 aliphatic rings. The van der Waals surface area contributed by atoms with E-state index in [-0.39, 0.29) is 31.1 Å². The van der Waals surface area contributed by atoms with Gasteiger partial charge in [-0.3, -0.25) is 14.4 Å². The van der Waals surface area contributed by atoms with Crippen LogP contribution in [0, 0.1) is 17.8 Å².